The molecule has 0 aliphatic carbocycles. The predicted octanol–water partition coefficient (Wildman–Crippen LogP) is 1.37. The van der Waals surface area contributed by atoms with Crippen LogP contribution >= 0.6 is 0 Å². The van der Waals surface area contributed by atoms with Crippen LogP contribution in [0.1, 0.15) is 0 Å². The number of nitro benzene ring substituents is 1. The van der Waals surface area contributed by atoms with Crippen LogP contribution in [-0.4, -0.2) is 18.3 Å². The van der Waals surface area contributed by atoms with Crippen molar-refractivity contribution in [3.8, 4) is 0 Å². The van der Waals surface area contributed by atoms with Gasteiger partial charge in [0.05, 0.1) is 10.6 Å². The molecule has 3 N–H and O–H groups in total. The number of hydrogen-bond acceptors (Lipinski definition) is 6. The normalized spacial score (nSPS) is 11.0. The van der Waals surface area contributed by atoms with E-state index >= 15 is 0 Å². The molecule has 0 radical (unpaired) electrons. The van der Waals surface area contributed by atoms with E-state index < -0.39 is 25.5 Å². The van der Waals surface area contributed by atoms with Crippen molar-refractivity contribution in [2.75, 3.05) is 10.5 Å². The van der Waals surface area contributed by atoms with Crippen molar-refractivity contribution in [2.24, 2.45) is 0 Å². The molecule has 2 aromatic rings. The molecular formula is C11H10N4O4S. The summed E-state index contributed by atoms with van der Waals surface area (Å²) in [7, 11) is -4.08. The van der Waals surface area contributed by atoms with Gasteiger partial charge in [-0.1, -0.05) is 0 Å². The summed E-state index contributed by atoms with van der Waals surface area (Å²) >= 11 is 0. The van der Waals surface area contributed by atoms with E-state index in [1.807, 2.05) is 0 Å². The number of nitrogens with zero attached hydrogens (tertiary/aromatic N) is 2. The SMILES string of the molecule is Nc1ccc(S(=O)(=O)Nc2ccncc2)c([N+](=O)[O-])c1. The van der Waals surface area contributed by atoms with Gasteiger partial charge in [-0.3, -0.25) is 19.8 Å². The molecule has 8 nitrogen and oxygen atoms in total. The molecule has 20 heavy (non-hydrogen) atoms. The van der Waals surface area contributed by atoms with Crippen LogP contribution < -0.4 is 10.5 Å². The summed E-state index contributed by atoms with van der Waals surface area (Å²) in [6, 6.07) is 6.24. The minimum Gasteiger partial charge on any atom is -0.399 e. The summed E-state index contributed by atoms with van der Waals surface area (Å²) in [6.45, 7) is 0. The second-order valence-electron chi connectivity index (χ2n) is 3.83. The molecule has 0 aliphatic heterocycles. The number of sulfonamides is 1. The highest BCUT2D eigenvalue weighted by molar-refractivity contribution is 7.92. The molecule has 0 saturated heterocycles. The number of hydrogen-bond donors (Lipinski definition) is 2. The molecule has 1 aromatic carbocycles. The van der Waals surface area contributed by atoms with E-state index in [0.717, 1.165) is 12.1 Å². The van der Waals surface area contributed by atoms with Crippen molar-refractivity contribution >= 4 is 27.1 Å². The lowest BCUT2D eigenvalue weighted by molar-refractivity contribution is -0.387. The van der Waals surface area contributed by atoms with Crippen LogP contribution in [0.2, 0.25) is 0 Å². The molecular weight excluding hydrogens is 284 g/mol. The molecule has 1 heterocycles. The van der Waals surface area contributed by atoms with Gasteiger partial charge in [-0.25, -0.2) is 8.42 Å². The van der Waals surface area contributed by atoms with E-state index in [1.54, 1.807) is 0 Å². The van der Waals surface area contributed by atoms with Gasteiger partial charge >= 0.3 is 0 Å². The van der Waals surface area contributed by atoms with Gasteiger partial charge in [-0.15, -0.1) is 0 Å². The first kappa shape index (κ1) is 13.7. The molecule has 0 amide bonds. The van der Waals surface area contributed by atoms with Gasteiger partial charge in [0.2, 0.25) is 0 Å². The zero-order valence-electron chi connectivity index (χ0n) is 10.1. The molecule has 1 aromatic heterocycles. The van der Waals surface area contributed by atoms with E-state index in [0.29, 0.717) is 0 Å². The van der Waals surface area contributed by atoms with E-state index in [9.17, 15) is 18.5 Å². The number of pyridine rings is 1. The summed E-state index contributed by atoms with van der Waals surface area (Å²) in [4.78, 5) is 13.4. The quantitative estimate of drug-likeness (QED) is 0.498. The number of nitrogen functional groups attached to an aromatic ring is 1. The third-order valence-electron chi connectivity index (χ3n) is 2.40. The summed E-state index contributed by atoms with van der Waals surface area (Å²) in [6.07, 6.45) is 2.80. The molecule has 0 unspecified atom stereocenters. The van der Waals surface area contributed by atoms with Crippen molar-refractivity contribution in [1.82, 2.24) is 4.98 Å². The van der Waals surface area contributed by atoms with Crippen molar-refractivity contribution < 1.29 is 13.3 Å². The summed E-state index contributed by atoms with van der Waals surface area (Å²) in [5, 5.41) is 10.9. The lowest BCUT2D eigenvalue weighted by atomic mass is 10.3. The second-order valence-corrected chi connectivity index (χ2v) is 5.48. The Balaban J connectivity index is 2.47. The van der Waals surface area contributed by atoms with Crippen LogP contribution in [0.4, 0.5) is 17.1 Å². The Bertz CT molecular complexity index is 746. The largest absolute Gasteiger partial charge is 0.399 e. The van der Waals surface area contributed by atoms with Crippen LogP contribution in [0.25, 0.3) is 0 Å². The van der Waals surface area contributed by atoms with E-state index in [4.69, 9.17) is 5.73 Å². The van der Waals surface area contributed by atoms with Crippen molar-refractivity contribution in [3.63, 3.8) is 0 Å². The first-order chi connectivity index (χ1) is 9.40. The molecule has 9 heteroatoms. The third-order valence-corrected chi connectivity index (χ3v) is 3.83. The number of anilines is 2. The van der Waals surface area contributed by atoms with Gasteiger partial charge in [-0.05, 0) is 24.3 Å². The van der Waals surface area contributed by atoms with E-state index in [1.165, 1.54) is 30.6 Å². The summed E-state index contributed by atoms with van der Waals surface area (Å²) in [5.41, 5.74) is 5.22. The zero-order valence-corrected chi connectivity index (χ0v) is 10.9. The number of aromatic nitrogens is 1. The number of nitro groups is 1. The van der Waals surface area contributed by atoms with Crippen LogP contribution in [0, 0.1) is 10.1 Å². The van der Waals surface area contributed by atoms with Crippen LogP contribution in [0.15, 0.2) is 47.6 Å². The number of nitrogens with two attached hydrogens (primary N) is 1. The highest BCUT2D eigenvalue weighted by atomic mass is 32.2. The average Bonchev–Trinajstić information content (AvgIpc) is 2.38. The van der Waals surface area contributed by atoms with Gasteiger partial charge in [0.25, 0.3) is 15.7 Å². The number of rotatable bonds is 4. The molecule has 0 aliphatic rings. The summed E-state index contributed by atoms with van der Waals surface area (Å²) in [5.74, 6) is 0. The molecule has 104 valence electrons. The fourth-order valence-corrected chi connectivity index (χ4v) is 2.75. The van der Waals surface area contributed by atoms with E-state index in [-0.39, 0.29) is 11.4 Å². The lowest BCUT2D eigenvalue weighted by Crippen LogP contribution is -2.15. The minimum absolute atomic E-state index is 0.111. The lowest BCUT2D eigenvalue weighted by Gasteiger charge is -2.08. The zero-order chi connectivity index (χ0) is 14.8. The topological polar surface area (TPSA) is 128 Å². The van der Waals surface area contributed by atoms with Crippen LogP contribution in [0.5, 0.6) is 0 Å². The fourth-order valence-electron chi connectivity index (χ4n) is 1.53. The Morgan fingerprint density at radius 3 is 2.45 bits per heavy atom. The van der Waals surface area contributed by atoms with Gasteiger partial charge in [-0.2, -0.15) is 0 Å². The van der Waals surface area contributed by atoms with Crippen molar-refractivity contribution in [2.45, 2.75) is 4.90 Å². The average molecular weight is 294 g/mol. The molecule has 0 spiro atoms. The predicted molar refractivity (Wildman–Crippen MR) is 72.6 cm³/mol. The smallest absolute Gasteiger partial charge is 0.291 e. The number of nitrogens with one attached hydrogen (secondary N) is 1. The first-order valence-corrected chi connectivity index (χ1v) is 6.85. The third kappa shape index (κ3) is 2.83. The Labute approximate surface area is 114 Å². The number of benzene rings is 1. The molecule has 0 fully saturated rings. The maximum absolute atomic E-state index is 12.2. The van der Waals surface area contributed by atoms with Gasteiger partial charge < -0.3 is 5.73 Å². The van der Waals surface area contributed by atoms with E-state index in [2.05, 4.69) is 9.71 Å². The van der Waals surface area contributed by atoms with Crippen molar-refractivity contribution in [1.29, 1.82) is 0 Å². The van der Waals surface area contributed by atoms with Gasteiger partial charge in [0.1, 0.15) is 0 Å². The maximum Gasteiger partial charge on any atom is 0.291 e. The van der Waals surface area contributed by atoms with Crippen molar-refractivity contribution in [3.05, 3.63) is 52.8 Å². The fraction of sp³-hybridized carbons (Fsp3) is 0. The highest BCUT2D eigenvalue weighted by Crippen LogP contribution is 2.27. The monoisotopic (exact) mass is 294 g/mol. The summed E-state index contributed by atoms with van der Waals surface area (Å²) < 4.78 is 26.6. The second kappa shape index (κ2) is 5.13. The minimum atomic E-state index is -4.08. The Hall–Kier alpha value is -2.68. The Morgan fingerprint density at radius 2 is 1.85 bits per heavy atom. The Morgan fingerprint density at radius 1 is 1.20 bits per heavy atom. The standard InChI is InChI=1S/C11H10N4O4S/c12-8-1-2-11(10(7-8)15(16)17)20(18,19)14-9-3-5-13-6-4-9/h1-7H,12H2,(H,13,14). The van der Waals surface area contributed by atoms with Gasteiger partial charge in [0.15, 0.2) is 4.90 Å². The molecule has 0 bridgehead atoms. The Kier molecular flexibility index (Phi) is 3.53. The first-order valence-electron chi connectivity index (χ1n) is 5.37. The molecule has 2 rings (SSSR count). The van der Waals surface area contributed by atoms with Gasteiger partial charge in [0, 0.05) is 24.1 Å². The maximum atomic E-state index is 12.2. The highest BCUT2D eigenvalue weighted by Gasteiger charge is 2.25. The molecule has 0 atom stereocenters. The molecule has 0 saturated carbocycles. The van der Waals surface area contributed by atoms with Crippen LogP contribution in [-0.2, 0) is 10.0 Å². The van der Waals surface area contributed by atoms with Crippen LogP contribution in [0.3, 0.4) is 0 Å².